The van der Waals surface area contributed by atoms with Crippen molar-refractivity contribution in [3.05, 3.63) is 115 Å². The average Bonchev–Trinajstić information content (AvgIpc) is 3.36. The van der Waals surface area contributed by atoms with E-state index < -0.39 is 17.7 Å². The van der Waals surface area contributed by atoms with Gasteiger partial charge in [0.15, 0.2) is 11.6 Å². The molecule has 2 aliphatic rings. The van der Waals surface area contributed by atoms with Crippen LogP contribution < -0.4 is 4.90 Å². The Bertz CT molecular complexity index is 1950. The molecule has 1 aromatic heterocycles. The molecule has 10 heteroatoms. The predicted molar refractivity (Wildman–Crippen MR) is 155 cm³/mol. The molecule has 6 nitrogen and oxygen atoms in total. The van der Waals surface area contributed by atoms with Gasteiger partial charge in [0.1, 0.15) is 5.92 Å². The molecule has 40 heavy (non-hydrogen) atoms. The molecular formula is C30H12Cl4N2O4. The monoisotopic (exact) mass is 604 g/mol. The first-order valence-electron chi connectivity index (χ1n) is 11.9. The number of imide groups is 1. The van der Waals surface area contributed by atoms with Crippen LogP contribution >= 0.6 is 46.4 Å². The van der Waals surface area contributed by atoms with Crippen molar-refractivity contribution in [2.24, 2.45) is 0 Å². The van der Waals surface area contributed by atoms with Gasteiger partial charge in [0.05, 0.1) is 48.1 Å². The summed E-state index contributed by atoms with van der Waals surface area (Å²) in [6, 6.07) is 19.1. The lowest BCUT2D eigenvalue weighted by molar-refractivity contribution is 0.0882. The van der Waals surface area contributed by atoms with Crippen molar-refractivity contribution in [2.45, 2.75) is 5.92 Å². The Kier molecular flexibility index (Phi) is 5.57. The number of halogens is 4. The van der Waals surface area contributed by atoms with E-state index in [9.17, 15) is 19.2 Å². The molecule has 0 fully saturated rings. The van der Waals surface area contributed by atoms with Gasteiger partial charge in [0, 0.05) is 16.5 Å². The summed E-state index contributed by atoms with van der Waals surface area (Å²) in [4.78, 5) is 59.6. The number of benzene rings is 4. The molecule has 0 radical (unpaired) electrons. The molecule has 0 unspecified atom stereocenters. The Morgan fingerprint density at radius 2 is 1.12 bits per heavy atom. The van der Waals surface area contributed by atoms with E-state index in [4.69, 9.17) is 46.4 Å². The van der Waals surface area contributed by atoms with Crippen LogP contribution in [-0.2, 0) is 0 Å². The number of pyridine rings is 1. The molecule has 1 aliphatic carbocycles. The Balaban J connectivity index is 1.37. The Morgan fingerprint density at radius 3 is 1.68 bits per heavy atom. The maximum absolute atomic E-state index is 13.5. The van der Waals surface area contributed by atoms with E-state index in [1.807, 2.05) is 24.3 Å². The summed E-state index contributed by atoms with van der Waals surface area (Å²) in [7, 11) is 0. The number of hydrogen-bond donors (Lipinski definition) is 0. The topological polar surface area (TPSA) is 84.4 Å². The zero-order valence-corrected chi connectivity index (χ0v) is 23.0. The second-order valence-corrected chi connectivity index (χ2v) is 11.0. The van der Waals surface area contributed by atoms with Gasteiger partial charge in [0.2, 0.25) is 0 Å². The summed E-state index contributed by atoms with van der Waals surface area (Å²) in [5.74, 6) is -3.39. The van der Waals surface area contributed by atoms with Crippen molar-refractivity contribution in [1.29, 1.82) is 0 Å². The van der Waals surface area contributed by atoms with Crippen LogP contribution in [0.3, 0.4) is 0 Å². The maximum Gasteiger partial charge on any atom is 0.267 e. The molecule has 0 bridgehead atoms. The number of Topliss-reactive ketones (excluding diaryl/α,β-unsaturated/α-hetero) is 2. The van der Waals surface area contributed by atoms with E-state index in [-0.39, 0.29) is 59.7 Å². The molecular weight excluding hydrogens is 594 g/mol. The summed E-state index contributed by atoms with van der Waals surface area (Å²) in [5, 5.41) is 1.62. The van der Waals surface area contributed by atoms with Gasteiger partial charge in [-0.15, -0.1) is 0 Å². The Labute approximate surface area is 246 Å². The van der Waals surface area contributed by atoms with Crippen LogP contribution in [0.5, 0.6) is 0 Å². The van der Waals surface area contributed by atoms with Crippen molar-refractivity contribution in [3.8, 4) is 0 Å². The number of carbonyl (C=O) groups excluding carboxylic acids is 4. The molecule has 5 aromatic rings. The van der Waals surface area contributed by atoms with Crippen molar-refractivity contribution in [3.63, 3.8) is 0 Å². The number of nitrogens with zero attached hydrogens (tertiary/aromatic N) is 2. The van der Waals surface area contributed by atoms with Crippen LogP contribution in [0.25, 0.3) is 21.7 Å². The standard InChI is InChI=1S/C30H12Cl4N2O4/c31-22-20-21(23(32)25(34)24(22)33)30(40)36(29(20)39)18-7-3-6-12-8-9-17(35-26(12)18)19-27(37)15-10-13-4-1-2-5-14(13)11-16(15)28(19)38/h1-11,19H. The number of carbonyl (C=O) groups is 4. The lowest BCUT2D eigenvalue weighted by Crippen LogP contribution is -2.30. The first-order chi connectivity index (χ1) is 19.2. The zero-order chi connectivity index (χ0) is 28.0. The number of para-hydroxylation sites is 1. The molecule has 1 aliphatic heterocycles. The number of rotatable bonds is 2. The van der Waals surface area contributed by atoms with E-state index in [2.05, 4.69) is 4.98 Å². The van der Waals surface area contributed by atoms with Crippen LogP contribution in [0.15, 0.2) is 66.7 Å². The minimum atomic E-state index is -1.16. The van der Waals surface area contributed by atoms with Gasteiger partial charge in [0.25, 0.3) is 11.8 Å². The molecule has 2 heterocycles. The number of fused-ring (bicyclic) bond motifs is 4. The highest BCUT2D eigenvalue weighted by Gasteiger charge is 2.44. The van der Waals surface area contributed by atoms with Gasteiger partial charge in [-0.3, -0.25) is 19.2 Å². The third kappa shape index (κ3) is 3.34. The van der Waals surface area contributed by atoms with Gasteiger partial charge in [-0.1, -0.05) is 88.9 Å². The maximum atomic E-state index is 13.5. The van der Waals surface area contributed by atoms with E-state index in [0.717, 1.165) is 15.7 Å². The number of anilines is 1. The molecule has 7 rings (SSSR count). The minimum absolute atomic E-state index is 0.131. The first-order valence-corrected chi connectivity index (χ1v) is 13.5. The molecule has 2 amide bonds. The van der Waals surface area contributed by atoms with E-state index in [1.165, 1.54) is 6.07 Å². The SMILES string of the molecule is O=C1c2cc3ccccc3cc2C(=O)C1c1ccc2cccc(N3C(=O)c4c(Cl)c(Cl)c(Cl)c(Cl)c4C3=O)c2n1. The highest BCUT2D eigenvalue weighted by molar-refractivity contribution is 6.56. The highest BCUT2D eigenvalue weighted by Crippen LogP contribution is 2.46. The molecule has 0 spiro atoms. The largest absolute Gasteiger partial charge is 0.293 e. The summed E-state index contributed by atoms with van der Waals surface area (Å²) in [6.07, 6.45) is 0. The van der Waals surface area contributed by atoms with Gasteiger partial charge in [-0.25, -0.2) is 9.88 Å². The smallest absolute Gasteiger partial charge is 0.267 e. The number of hydrogen-bond acceptors (Lipinski definition) is 5. The van der Waals surface area contributed by atoms with E-state index in [1.54, 1.807) is 36.4 Å². The molecule has 0 atom stereocenters. The number of ketones is 2. The summed E-state index contributed by atoms with van der Waals surface area (Å²) < 4.78 is 0. The third-order valence-corrected chi connectivity index (χ3v) is 9.10. The zero-order valence-electron chi connectivity index (χ0n) is 20.0. The van der Waals surface area contributed by atoms with Gasteiger partial charge >= 0.3 is 0 Å². The molecule has 0 saturated heterocycles. The van der Waals surface area contributed by atoms with Crippen LogP contribution in [0.1, 0.15) is 53.0 Å². The van der Waals surface area contributed by atoms with Crippen LogP contribution in [0.2, 0.25) is 20.1 Å². The Morgan fingerprint density at radius 1 is 0.600 bits per heavy atom. The first kappa shape index (κ1) is 25.2. The van der Waals surface area contributed by atoms with Crippen molar-refractivity contribution in [1.82, 2.24) is 4.98 Å². The van der Waals surface area contributed by atoms with Crippen LogP contribution in [0.4, 0.5) is 5.69 Å². The fourth-order valence-electron chi connectivity index (χ4n) is 5.40. The van der Waals surface area contributed by atoms with E-state index >= 15 is 0 Å². The molecule has 0 N–H and O–H groups in total. The second kappa shape index (κ2) is 8.85. The Hall–Kier alpha value is -3.81. The number of amides is 2. The predicted octanol–water partition coefficient (Wildman–Crippen LogP) is 7.97. The second-order valence-electron chi connectivity index (χ2n) is 9.44. The van der Waals surface area contributed by atoms with Gasteiger partial charge < -0.3 is 0 Å². The van der Waals surface area contributed by atoms with Gasteiger partial charge in [-0.05, 0) is 35.0 Å². The van der Waals surface area contributed by atoms with Crippen LogP contribution in [-0.4, -0.2) is 28.4 Å². The quantitative estimate of drug-likeness (QED) is 0.0882. The summed E-state index contributed by atoms with van der Waals surface area (Å²) >= 11 is 24.9. The fraction of sp³-hybridized carbons (Fsp3) is 0.0333. The number of aromatic nitrogens is 1. The van der Waals surface area contributed by atoms with Crippen molar-refractivity contribution >= 4 is 97.1 Å². The molecule has 0 saturated carbocycles. The van der Waals surface area contributed by atoms with Crippen molar-refractivity contribution < 1.29 is 19.2 Å². The minimum Gasteiger partial charge on any atom is -0.293 e. The molecule has 194 valence electrons. The summed E-state index contributed by atoms with van der Waals surface area (Å²) in [6.45, 7) is 0. The van der Waals surface area contributed by atoms with Crippen molar-refractivity contribution in [2.75, 3.05) is 4.90 Å². The fourth-order valence-corrected chi connectivity index (χ4v) is 6.42. The summed E-state index contributed by atoms with van der Waals surface area (Å²) in [5.41, 5.74) is 0.913. The van der Waals surface area contributed by atoms with Gasteiger partial charge in [-0.2, -0.15) is 0 Å². The third-order valence-electron chi connectivity index (χ3n) is 7.30. The molecule has 4 aromatic carbocycles. The lowest BCUT2D eigenvalue weighted by atomic mass is 9.98. The normalized spacial score (nSPS) is 15.1. The highest BCUT2D eigenvalue weighted by atomic mass is 35.5. The lowest BCUT2D eigenvalue weighted by Gasteiger charge is -2.17. The average molecular weight is 606 g/mol. The van der Waals surface area contributed by atoms with E-state index in [0.29, 0.717) is 16.5 Å². The van der Waals surface area contributed by atoms with Crippen LogP contribution in [0, 0.1) is 0 Å².